The van der Waals surface area contributed by atoms with Gasteiger partial charge in [0.25, 0.3) is 5.92 Å². The van der Waals surface area contributed by atoms with Crippen LogP contribution in [0.3, 0.4) is 0 Å². The molecule has 3 N–H and O–H groups in total. The Labute approximate surface area is 181 Å². The molecule has 1 aromatic carbocycles. The second-order valence-corrected chi connectivity index (χ2v) is 9.10. The molecule has 0 spiro atoms. The van der Waals surface area contributed by atoms with E-state index in [1.165, 1.54) is 0 Å². The molecule has 1 saturated heterocycles. The van der Waals surface area contributed by atoms with E-state index in [1.807, 2.05) is 42.2 Å². The quantitative estimate of drug-likeness (QED) is 0.701. The number of hydrogen-bond acceptors (Lipinski definition) is 5. The molecule has 31 heavy (non-hydrogen) atoms. The minimum atomic E-state index is -3.00. The van der Waals surface area contributed by atoms with Gasteiger partial charge in [-0.1, -0.05) is 6.07 Å². The number of aromatic nitrogens is 1. The molecule has 168 valence electrons. The van der Waals surface area contributed by atoms with Crippen LogP contribution in [0.5, 0.6) is 0 Å². The third-order valence-corrected chi connectivity index (χ3v) is 5.07. The van der Waals surface area contributed by atoms with Gasteiger partial charge >= 0.3 is 6.09 Å². The molecule has 1 unspecified atom stereocenters. The van der Waals surface area contributed by atoms with Crippen LogP contribution in [0, 0.1) is 6.92 Å². The van der Waals surface area contributed by atoms with Crippen molar-refractivity contribution in [2.24, 2.45) is 0 Å². The Kier molecular flexibility index (Phi) is 6.50. The van der Waals surface area contributed by atoms with E-state index in [2.05, 4.69) is 10.3 Å². The Morgan fingerprint density at radius 2 is 2.03 bits per heavy atom. The molecular formula is C23H30F2N4O2. The summed E-state index contributed by atoms with van der Waals surface area (Å²) in [6.45, 7) is 7.68. The molecule has 0 bridgehead atoms. The van der Waals surface area contributed by atoms with Crippen LogP contribution in [-0.4, -0.2) is 46.6 Å². The second-order valence-electron chi connectivity index (χ2n) is 9.10. The van der Waals surface area contributed by atoms with Crippen molar-refractivity contribution in [1.29, 1.82) is 0 Å². The second kappa shape index (κ2) is 8.78. The number of rotatable bonds is 4. The molecule has 0 saturated carbocycles. The van der Waals surface area contributed by atoms with Gasteiger partial charge in [-0.3, -0.25) is 9.88 Å². The van der Waals surface area contributed by atoms with Gasteiger partial charge in [0.2, 0.25) is 0 Å². The van der Waals surface area contributed by atoms with Crippen molar-refractivity contribution in [3.63, 3.8) is 0 Å². The third kappa shape index (κ3) is 6.37. The van der Waals surface area contributed by atoms with Crippen LogP contribution < -0.4 is 11.1 Å². The molecule has 6 nitrogen and oxygen atoms in total. The summed E-state index contributed by atoms with van der Waals surface area (Å²) >= 11 is 0. The average molecular weight is 433 g/mol. The number of alkyl carbamates (subject to hydrolysis) is 1. The largest absolute Gasteiger partial charge is 0.444 e. The zero-order chi connectivity index (χ0) is 22.8. The number of hydrogen-bond donors (Lipinski definition) is 2. The van der Waals surface area contributed by atoms with E-state index >= 15 is 0 Å². The minimum absolute atomic E-state index is 0.0163. The summed E-state index contributed by atoms with van der Waals surface area (Å²) in [7, 11) is 0. The predicted octanol–water partition coefficient (Wildman–Crippen LogP) is 4.37. The van der Waals surface area contributed by atoms with E-state index in [4.69, 9.17) is 10.5 Å². The first kappa shape index (κ1) is 22.9. The number of piperidine rings is 1. The van der Waals surface area contributed by atoms with Crippen LogP contribution in [0.15, 0.2) is 36.5 Å². The van der Waals surface area contributed by atoms with Crippen LogP contribution in [-0.2, 0) is 11.3 Å². The lowest BCUT2D eigenvalue weighted by atomic mass is 9.99. The van der Waals surface area contributed by atoms with Gasteiger partial charge in [-0.25, -0.2) is 13.6 Å². The number of nitrogens with one attached hydrogen (secondary N) is 1. The van der Waals surface area contributed by atoms with Crippen molar-refractivity contribution < 1.29 is 18.3 Å². The third-order valence-electron chi connectivity index (χ3n) is 5.07. The average Bonchev–Trinajstić information content (AvgIpc) is 2.63. The Balaban J connectivity index is 1.72. The van der Waals surface area contributed by atoms with E-state index in [-0.39, 0.29) is 19.5 Å². The van der Waals surface area contributed by atoms with Gasteiger partial charge in [0.1, 0.15) is 11.6 Å². The number of nitrogen functional groups attached to an aromatic ring is 1. The molecule has 0 aliphatic carbocycles. The summed E-state index contributed by atoms with van der Waals surface area (Å²) < 4.78 is 34.0. The van der Waals surface area contributed by atoms with Gasteiger partial charge in [0, 0.05) is 49.2 Å². The highest BCUT2D eigenvalue weighted by molar-refractivity contribution is 5.69. The number of benzene rings is 1. The van der Waals surface area contributed by atoms with Crippen molar-refractivity contribution in [3.8, 4) is 11.1 Å². The molecule has 2 aromatic rings. The summed E-state index contributed by atoms with van der Waals surface area (Å²) in [6, 6.07) is 8.28. The number of likely N-dealkylation sites (tertiary alicyclic amines) is 1. The molecule has 1 amide bonds. The molecule has 1 atom stereocenters. The highest BCUT2D eigenvalue weighted by atomic mass is 19.3. The van der Waals surface area contributed by atoms with Crippen LogP contribution in [0.1, 0.15) is 38.4 Å². The summed E-state index contributed by atoms with van der Waals surface area (Å²) in [6.07, 6.45) is 0.609. The minimum Gasteiger partial charge on any atom is -0.444 e. The van der Waals surface area contributed by atoms with Gasteiger partial charge in [0.15, 0.2) is 0 Å². The number of pyridine rings is 1. The van der Waals surface area contributed by atoms with Gasteiger partial charge in [-0.15, -0.1) is 0 Å². The lowest BCUT2D eigenvalue weighted by molar-refractivity contribution is -0.0859. The molecule has 1 aromatic heterocycles. The zero-order valence-corrected chi connectivity index (χ0v) is 18.4. The number of alkyl halides is 2. The molecule has 2 heterocycles. The molecule has 0 radical (unpaired) electrons. The standard InChI is InChI=1S/C23H30F2N4O2/c1-15-5-6-17(12-27-15)18-9-16(10-19(26)11-18)13-29-8-7-23(24,25)20(14-29)28-21(30)31-22(2,3)4/h5-6,9-12,20H,7-8,13-14,26H2,1-4H3,(H,28,30). The molecule has 1 aliphatic heterocycles. The van der Waals surface area contributed by atoms with Crippen LogP contribution in [0.2, 0.25) is 0 Å². The monoisotopic (exact) mass is 432 g/mol. The fourth-order valence-electron chi connectivity index (χ4n) is 3.58. The fourth-order valence-corrected chi connectivity index (χ4v) is 3.58. The Morgan fingerprint density at radius 3 is 2.68 bits per heavy atom. The molecule has 1 fully saturated rings. The molecule has 1 aliphatic rings. The van der Waals surface area contributed by atoms with Gasteiger partial charge in [0.05, 0.1) is 0 Å². The lowest BCUT2D eigenvalue weighted by Crippen LogP contribution is -2.58. The van der Waals surface area contributed by atoms with Crippen molar-refractivity contribution in [1.82, 2.24) is 15.2 Å². The smallest absolute Gasteiger partial charge is 0.408 e. The number of nitrogens with zero attached hydrogens (tertiary/aromatic N) is 2. The number of ether oxygens (including phenoxy) is 1. The number of amides is 1. The van der Waals surface area contributed by atoms with E-state index in [0.29, 0.717) is 12.2 Å². The first-order valence-electron chi connectivity index (χ1n) is 10.3. The Morgan fingerprint density at radius 1 is 1.29 bits per heavy atom. The SMILES string of the molecule is Cc1ccc(-c2cc(N)cc(CN3CCC(F)(F)C(NC(=O)OC(C)(C)C)C3)c2)cn1. The maximum Gasteiger partial charge on any atom is 0.408 e. The normalized spacial score (nSPS) is 19.1. The topological polar surface area (TPSA) is 80.5 Å². The number of anilines is 1. The summed E-state index contributed by atoms with van der Waals surface area (Å²) in [5, 5.41) is 2.35. The van der Waals surface area contributed by atoms with Crippen LogP contribution >= 0.6 is 0 Å². The van der Waals surface area contributed by atoms with Crippen molar-refractivity contribution in [2.75, 3.05) is 18.8 Å². The highest BCUT2D eigenvalue weighted by Gasteiger charge is 2.45. The van der Waals surface area contributed by atoms with Crippen molar-refractivity contribution >= 4 is 11.8 Å². The summed E-state index contributed by atoms with van der Waals surface area (Å²) in [5.74, 6) is -3.00. The fraction of sp³-hybridized carbons (Fsp3) is 0.478. The summed E-state index contributed by atoms with van der Waals surface area (Å²) in [4.78, 5) is 18.3. The Hall–Kier alpha value is -2.74. The number of aryl methyl sites for hydroxylation is 1. The maximum absolute atomic E-state index is 14.4. The number of carbonyl (C=O) groups excluding carboxylic acids is 1. The van der Waals surface area contributed by atoms with E-state index in [1.54, 1.807) is 27.0 Å². The van der Waals surface area contributed by atoms with Crippen LogP contribution in [0.4, 0.5) is 19.3 Å². The molecule has 8 heteroatoms. The maximum atomic E-state index is 14.4. The highest BCUT2D eigenvalue weighted by Crippen LogP contribution is 2.30. The van der Waals surface area contributed by atoms with Gasteiger partial charge in [-0.05, 0) is 63.1 Å². The van der Waals surface area contributed by atoms with Crippen molar-refractivity contribution in [2.45, 2.75) is 58.2 Å². The lowest BCUT2D eigenvalue weighted by Gasteiger charge is -2.38. The Bertz CT molecular complexity index is 926. The van der Waals surface area contributed by atoms with Gasteiger partial charge < -0.3 is 15.8 Å². The zero-order valence-electron chi connectivity index (χ0n) is 18.4. The number of carbonyl (C=O) groups is 1. The molecule has 3 rings (SSSR count). The first-order valence-corrected chi connectivity index (χ1v) is 10.3. The first-order chi connectivity index (χ1) is 14.4. The van der Waals surface area contributed by atoms with E-state index in [9.17, 15) is 13.6 Å². The van der Waals surface area contributed by atoms with E-state index in [0.717, 1.165) is 22.4 Å². The summed E-state index contributed by atoms with van der Waals surface area (Å²) in [5.41, 5.74) is 9.64. The molecular weight excluding hydrogens is 402 g/mol. The predicted molar refractivity (Wildman–Crippen MR) is 117 cm³/mol. The van der Waals surface area contributed by atoms with E-state index < -0.39 is 23.7 Å². The van der Waals surface area contributed by atoms with Crippen molar-refractivity contribution in [3.05, 3.63) is 47.8 Å². The van der Waals surface area contributed by atoms with Gasteiger partial charge in [-0.2, -0.15) is 0 Å². The number of halogens is 2. The van der Waals surface area contributed by atoms with Crippen LogP contribution in [0.25, 0.3) is 11.1 Å². The number of nitrogens with two attached hydrogens (primary N) is 1.